The van der Waals surface area contributed by atoms with Gasteiger partial charge >= 0.3 is 0 Å². The first-order valence-electron chi connectivity index (χ1n) is 6.26. The highest BCUT2D eigenvalue weighted by Crippen LogP contribution is 2.35. The van der Waals surface area contributed by atoms with Crippen LogP contribution in [0.5, 0.6) is 5.75 Å². The molecule has 1 N–H and O–H groups in total. The molecule has 1 aliphatic heterocycles. The maximum absolute atomic E-state index is 5.95. The molecule has 2 nitrogen and oxygen atoms in total. The van der Waals surface area contributed by atoms with Gasteiger partial charge in [-0.15, -0.1) is 0 Å². The molecule has 0 spiro atoms. The first-order valence-corrected chi connectivity index (χ1v) is 6.26. The molecule has 0 saturated heterocycles. The monoisotopic (exact) mass is 239 g/mol. The molecule has 0 aromatic heterocycles. The lowest BCUT2D eigenvalue weighted by Crippen LogP contribution is -2.39. The Morgan fingerprint density at radius 3 is 2.56 bits per heavy atom. The molecular formula is C16H17NO. The van der Waals surface area contributed by atoms with Gasteiger partial charge in [-0.2, -0.15) is 0 Å². The third kappa shape index (κ3) is 2.06. The zero-order valence-electron chi connectivity index (χ0n) is 10.7. The highest BCUT2D eigenvalue weighted by molar-refractivity contribution is 5.72. The van der Waals surface area contributed by atoms with E-state index >= 15 is 0 Å². The van der Waals surface area contributed by atoms with Gasteiger partial charge in [0.15, 0.2) is 0 Å². The Kier molecular flexibility index (Phi) is 2.51. The molecule has 0 atom stereocenters. The second kappa shape index (κ2) is 4.05. The van der Waals surface area contributed by atoms with Gasteiger partial charge < -0.3 is 10.1 Å². The highest BCUT2D eigenvalue weighted by Gasteiger charge is 2.26. The predicted octanol–water partition coefficient (Wildman–Crippen LogP) is 3.94. The van der Waals surface area contributed by atoms with Crippen LogP contribution in [0.2, 0.25) is 0 Å². The van der Waals surface area contributed by atoms with E-state index in [0.717, 1.165) is 18.0 Å². The molecule has 2 heteroatoms. The number of hydrogen-bond donors (Lipinski definition) is 1. The number of hydrogen-bond acceptors (Lipinski definition) is 2. The smallest absolute Gasteiger partial charge is 0.143 e. The Morgan fingerprint density at radius 1 is 1.00 bits per heavy atom. The molecule has 0 unspecified atom stereocenters. The molecule has 1 aliphatic rings. The molecule has 92 valence electrons. The van der Waals surface area contributed by atoms with E-state index in [-0.39, 0.29) is 5.60 Å². The van der Waals surface area contributed by atoms with Crippen LogP contribution >= 0.6 is 0 Å². The normalized spacial score (nSPS) is 16.3. The number of anilines is 1. The third-order valence-corrected chi connectivity index (χ3v) is 3.18. The molecule has 0 amide bonds. The molecule has 0 bridgehead atoms. The summed E-state index contributed by atoms with van der Waals surface area (Å²) < 4.78 is 5.95. The zero-order valence-corrected chi connectivity index (χ0v) is 10.7. The Balaban J connectivity index is 1.98. The van der Waals surface area contributed by atoms with Gasteiger partial charge in [0.05, 0.1) is 12.2 Å². The summed E-state index contributed by atoms with van der Waals surface area (Å²) in [5.74, 6) is 0.936. The summed E-state index contributed by atoms with van der Waals surface area (Å²) in [5.41, 5.74) is 3.38. The van der Waals surface area contributed by atoms with Crippen LogP contribution in [0.4, 0.5) is 5.69 Å². The average Bonchev–Trinajstić information content (AvgIpc) is 2.38. The van der Waals surface area contributed by atoms with Crippen molar-refractivity contribution in [1.82, 2.24) is 0 Å². The van der Waals surface area contributed by atoms with Crippen molar-refractivity contribution >= 4 is 5.69 Å². The summed E-state index contributed by atoms with van der Waals surface area (Å²) in [6, 6.07) is 16.7. The van der Waals surface area contributed by atoms with Gasteiger partial charge in [0.1, 0.15) is 11.4 Å². The Bertz CT molecular complexity index is 561. The Morgan fingerprint density at radius 2 is 1.78 bits per heavy atom. The van der Waals surface area contributed by atoms with Crippen molar-refractivity contribution in [2.24, 2.45) is 0 Å². The summed E-state index contributed by atoms with van der Waals surface area (Å²) in [4.78, 5) is 0. The summed E-state index contributed by atoms with van der Waals surface area (Å²) >= 11 is 0. The van der Waals surface area contributed by atoms with Crippen LogP contribution in [-0.2, 0) is 0 Å². The van der Waals surface area contributed by atoms with Crippen LogP contribution in [0.25, 0.3) is 11.1 Å². The van der Waals surface area contributed by atoms with E-state index in [1.807, 2.05) is 12.1 Å². The quantitative estimate of drug-likeness (QED) is 0.814. The average molecular weight is 239 g/mol. The fourth-order valence-corrected chi connectivity index (χ4v) is 2.21. The van der Waals surface area contributed by atoms with Crippen molar-refractivity contribution in [3.63, 3.8) is 0 Å². The van der Waals surface area contributed by atoms with Crippen molar-refractivity contribution in [3.8, 4) is 16.9 Å². The van der Waals surface area contributed by atoms with Crippen molar-refractivity contribution in [3.05, 3.63) is 48.5 Å². The number of rotatable bonds is 1. The summed E-state index contributed by atoms with van der Waals surface area (Å²) in [6.45, 7) is 5.01. The number of fused-ring (bicyclic) bond motifs is 1. The fourth-order valence-electron chi connectivity index (χ4n) is 2.21. The highest BCUT2D eigenvalue weighted by atomic mass is 16.5. The van der Waals surface area contributed by atoms with Crippen LogP contribution in [0.1, 0.15) is 13.8 Å². The maximum Gasteiger partial charge on any atom is 0.143 e. The molecular weight excluding hydrogens is 222 g/mol. The lowest BCUT2D eigenvalue weighted by molar-refractivity contribution is 0.116. The zero-order chi connectivity index (χ0) is 12.6. The van der Waals surface area contributed by atoms with E-state index in [4.69, 9.17) is 4.74 Å². The third-order valence-electron chi connectivity index (χ3n) is 3.18. The van der Waals surface area contributed by atoms with Crippen LogP contribution in [0, 0.1) is 0 Å². The lowest BCUT2D eigenvalue weighted by atomic mass is 10.0. The fraction of sp³-hybridized carbons (Fsp3) is 0.250. The summed E-state index contributed by atoms with van der Waals surface area (Å²) in [6.07, 6.45) is 0. The van der Waals surface area contributed by atoms with E-state index in [9.17, 15) is 0 Å². The molecule has 18 heavy (non-hydrogen) atoms. The standard InChI is InChI=1S/C16H17NO/c1-16(2)11-17-14-10-13(8-9-15(14)18-16)12-6-4-3-5-7-12/h3-10,17H,11H2,1-2H3. The lowest BCUT2D eigenvalue weighted by Gasteiger charge is -2.33. The molecule has 0 fully saturated rings. The van der Waals surface area contributed by atoms with Crippen LogP contribution in [0.15, 0.2) is 48.5 Å². The SMILES string of the molecule is CC1(C)CNc2cc(-c3ccccc3)ccc2O1. The molecule has 1 heterocycles. The molecule has 2 aromatic carbocycles. The minimum absolute atomic E-state index is 0.138. The topological polar surface area (TPSA) is 21.3 Å². The van der Waals surface area contributed by atoms with E-state index in [2.05, 4.69) is 55.6 Å². The van der Waals surface area contributed by atoms with E-state index in [1.54, 1.807) is 0 Å². The minimum atomic E-state index is -0.138. The second-order valence-electron chi connectivity index (χ2n) is 5.29. The van der Waals surface area contributed by atoms with E-state index in [0.29, 0.717) is 0 Å². The van der Waals surface area contributed by atoms with Gasteiger partial charge in [-0.3, -0.25) is 0 Å². The Hall–Kier alpha value is -1.96. The van der Waals surface area contributed by atoms with Crippen LogP contribution in [0.3, 0.4) is 0 Å². The first-order chi connectivity index (χ1) is 8.64. The van der Waals surface area contributed by atoms with Crippen molar-refractivity contribution in [2.75, 3.05) is 11.9 Å². The molecule has 3 rings (SSSR count). The predicted molar refractivity (Wildman–Crippen MR) is 75.1 cm³/mol. The number of nitrogens with one attached hydrogen (secondary N) is 1. The summed E-state index contributed by atoms with van der Waals surface area (Å²) in [7, 11) is 0. The summed E-state index contributed by atoms with van der Waals surface area (Å²) in [5, 5.41) is 3.44. The first kappa shape index (κ1) is 11.1. The van der Waals surface area contributed by atoms with Gasteiger partial charge in [-0.1, -0.05) is 36.4 Å². The van der Waals surface area contributed by atoms with Gasteiger partial charge in [0, 0.05) is 0 Å². The van der Waals surface area contributed by atoms with Crippen molar-refractivity contribution in [1.29, 1.82) is 0 Å². The molecule has 0 saturated carbocycles. The van der Waals surface area contributed by atoms with Crippen molar-refractivity contribution < 1.29 is 4.74 Å². The van der Waals surface area contributed by atoms with E-state index in [1.165, 1.54) is 11.1 Å². The second-order valence-corrected chi connectivity index (χ2v) is 5.29. The molecule has 0 aliphatic carbocycles. The van der Waals surface area contributed by atoms with Gasteiger partial charge in [0.2, 0.25) is 0 Å². The van der Waals surface area contributed by atoms with Crippen LogP contribution < -0.4 is 10.1 Å². The van der Waals surface area contributed by atoms with Gasteiger partial charge in [-0.05, 0) is 37.1 Å². The molecule has 2 aromatic rings. The number of ether oxygens (including phenoxy) is 1. The minimum Gasteiger partial charge on any atom is -0.484 e. The van der Waals surface area contributed by atoms with Gasteiger partial charge in [-0.25, -0.2) is 0 Å². The largest absolute Gasteiger partial charge is 0.484 e. The van der Waals surface area contributed by atoms with Gasteiger partial charge in [0.25, 0.3) is 0 Å². The van der Waals surface area contributed by atoms with Crippen molar-refractivity contribution in [2.45, 2.75) is 19.4 Å². The van der Waals surface area contributed by atoms with Crippen LogP contribution in [-0.4, -0.2) is 12.1 Å². The Labute approximate surface area is 108 Å². The molecule has 0 radical (unpaired) electrons. The van der Waals surface area contributed by atoms with E-state index < -0.39 is 0 Å². The maximum atomic E-state index is 5.95. The number of benzene rings is 2.